The summed E-state index contributed by atoms with van der Waals surface area (Å²) in [5.74, 6) is -0.154. The van der Waals surface area contributed by atoms with Gasteiger partial charge in [-0.2, -0.15) is 0 Å². The van der Waals surface area contributed by atoms with Crippen LogP contribution in [0.5, 0.6) is 11.5 Å². The molecular formula is C32H38BrN3O6S. The summed E-state index contributed by atoms with van der Waals surface area (Å²) in [6, 6.07) is 17.9. The Bertz CT molecular complexity index is 1520. The Labute approximate surface area is 262 Å². The third-order valence-electron chi connectivity index (χ3n) is 7.68. The molecule has 1 atom stereocenters. The average Bonchev–Trinajstić information content (AvgIpc) is 3.52. The van der Waals surface area contributed by atoms with Crippen molar-refractivity contribution in [3.63, 3.8) is 0 Å². The topological polar surface area (TPSA) is 105 Å². The summed E-state index contributed by atoms with van der Waals surface area (Å²) in [4.78, 5) is 28.9. The molecule has 0 saturated heterocycles. The zero-order valence-corrected chi connectivity index (χ0v) is 27.3. The number of carbonyl (C=O) groups excluding carboxylic acids is 2. The van der Waals surface area contributed by atoms with Crippen LogP contribution in [0.2, 0.25) is 0 Å². The number of anilines is 1. The maximum absolute atomic E-state index is 14.1. The maximum Gasteiger partial charge on any atom is 0.264 e. The van der Waals surface area contributed by atoms with Crippen LogP contribution in [0.3, 0.4) is 0 Å². The third-order valence-corrected chi connectivity index (χ3v) is 9.98. The molecule has 0 spiro atoms. The van der Waals surface area contributed by atoms with E-state index in [1.807, 2.05) is 31.2 Å². The van der Waals surface area contributed by atoms with Crippen molar-refractivity contribution in [3.05, 3.63) is 82.3 Å². The number of benzene rings is 3. The highest BCUT2D eigenvalue weighted by molar-refractivity contribution is 9.10. The van der Waals surface area contributed by atoms with Crippen LogP contribution in [0.25, 0.3) is 0 Å². The Balaban J connectivity index is 1.71. The van der Waals surface area contributed by atoms with Crippen LogP contribution in [0.1, 0.15) is 43.7 Å². The molecule has 0 aliphatic heterocycles. The number of ether oxygens (including phenoxy) is 2. The number of methoxy groups -OCH3 is 2. The predicted molar refractivity (Wildman–Crippen MR) is 170 cm³/mol. The molecule has 0 bridgehead atoms. The molecule has 0 heterocycles. The van der Waals surface area contributed by atoms with Crippen molar-refractivity contribution in [2.75, 3.05) is 25.1 Å². The average molecular weight is 673 g/mol. The first-order valence-corrected chi connectivity index (χ1v) is 16.4. The molecule has 0 radical (unpaired) electrons. The number of aryl methyl sites for hydroxylation is 1. The lowest BCUT2D eigenvalue weighted by Gasteiger charge is -2.32. The van der Waals surface area contributed by atoms with E-state index in [9.17, 15) is 18.0 Å². The van der Waals surface area contributed by atoms with Gasteiger partial charge in [0.15, 0.2) is 11.5 Å². The van der Waals surface area contributed by atoms with Gasteiger partial charge in [-0.25, -0.2) is 8.42 Å². The van der Waals surface area contributed by atoms with E-state index in [2.05, 4.69) is 21.2 Å². The fraction of sp³-hybridized carbons (Fsp3) is 0.375. The Morgan fingerprint density at radius 1 is 0.953 bits per heavy atom. The smallest absolute Gasteiger partial charge is 0.264 e. The minimum absolute atomic E-state index is 0.0648. The van der Waals surface area contributed by atoms with E-state index in [0.29, 0.717) is 11.4 Å². The van der Waals surface area contributed by atoms with Crippen LogP contribution in [-0.2, 0) is 26.2 Å². The summed E-state index contributed by atoms with van der Waals surface area (Å²) in [6.45, 7) is 3.19. The molecule has 1 aliphatic carbocycles. The Morgan fingerprint density at radius 2 is 1.58 bits per heavy atom. The SMILES string of the molecule is COc1ccc(S(=O)(=O)N(CC(=O)N(Cc2ccc(Br)cc2)[C@@H](C)C(=O)NC2CCCC2)c2ccc(C)cc2)cc1OC. The summed E-state index contributed by atoms with van der Waals surface area (Å²) in [5.41, 5.74) is 2.06. The number of rotatable bonds is 12. The number of carbonyl (C=O) groups is 2. The molecule has 3 aromatic rings. The number of nitrogens with one attached hydrogen (secondary N) is 1. The number of hydrogen-bond acceptors (Lipinski definition) is 6. The van der Waals surface area contributed by atoms with Crippen LogP contribution >= 0.6 is 15.9 Å². The molecule has 0 aromatic heterocycles. The zero-order valence-electron chi connectivity index (χ0n) is 24.9. The summed E-state index contributed by atoms with van der Waals surface area (Å²) in [7, 11) is -1.36. The van der Waals surface area contributed by atoms with Crippen molar-refractivity contribution >= 4 is 43.5 Å². The Hall–Kier alpha value is -3.57. The summed E-state index contributed by atoms with van der Waals surface area (Å²) >= 11 is 3.43. The van der Waals surface area contributed by atoms with Crippen molar-refractivity contribution in [3.8, 4) is 11.5 Å². The van der Waals surface area contributed by atoms with E-state index in [0.717, 1.165) is 45.6 Å². The van der Waals surface area contributed by atoms with E-state index in [4.69, 9.17) is 9.47 Å². The van der Waals surface area contributed by atoms with Gasteiger partial charge < -0.3 is 19.7 Å². The minimum atomic E-state index is -4.25. The molecule has 43 heavy (non-hydrogen) atoms. The molecule has 9 nitrogen and oxygen atoms in total. The van der Waals surface area contributed by atoms with Crippen molar-refractivity contribution in [2.24, 2.45) is 0 Å². The first kappa shape index (κ1) is 32.3. The fourth-order valence-electron chi connectivity index (χ4n) is 5.11. The summed E-state index contributed by atoms with van der Waals surface area (Å²) < 4.78 is 40.9. The van der Waals surface area contributed by atoms with Crippen LogP contribution < -0.4 is 19.1 Å². The lowest BCUT2D eigenvalue weighted by atomic mass is 10.1. The Kier molecular flexibility index (Phi) is 10.7. The zero-order chi connectivity index (χ0) is 31.1. The van der Waals surface area contributed by atoms with Gasteiger partial charge in [-0.15, -0.1) is 0 Å². The van der Waals surface area contributed by atoms with E-state index in [1.165, 1.54) is 37.3 Å². The van der Waals surface area contributed by atoms with Gasteiger partial charge in [0.2, 0.25) is 11.8 Å². The van der Waals surface area contributed by atoms with Crippen LogP contribution in [0.15, 0.2) is 76.1 Å². The molecule has 1 saturated carbocycles. The maximum atomic E-state index is 14.1. The van der Waals surface area contributed by atoms with Crippen molar-refractivity contribution in [2.45, 2.75) is 63.1 Å². The molecule has 230 valence electrons. The van der Waals surface area contributed by atoms with Gasteiger partial charge in [-0.05, 0) is 68.7 Å². The largest absolute Gasteiger partial charge is 0.493 e. The quantitative estimate of drug-likeness (QED) is 0.275. The fourth-order valence-corrected chi connectivity index (χ4v) is 6.80. The normalized spacial score (nSPS) is 14.2. The van der Waals surface area contributed by atoms with Gasteiger partial charge in [0.05, 0.1) is 24.8 Å². The first-order valence-electron chi connectivity index (χ1n) is 14.2. The summed E-state index contributed by atoms with van der Waals surface area (Å²) in [6.07, 6.45) is 3.93. The lowest BCUT2D eigenvalue weighted by Crippen LogP contribution is -2.52. The lowest BCUT2D eigenvalue weighted by molar-refractivity contribution is -0.139. The number of nitrogens with zero attached hydrogens (tertiary/aromatic N) is 2. The number of amides is 2. The molecule has 1 fully saturated rings. The van der Waals surface area contributed by atoms with E-state index in [-0.39, 0.29) is 29.1 Å². The Morgan fingerprint density at radius 3 is 2.19 bits per heavy atom. The molecule has 4 rings (SSSR count). The first-order chi connectivity index (χ1) is 20.5. The molecular weight excluding hydrogens is 634 g/mol. The molecule has 2 amide bonds. The van der Waals surface area contributed by atoms with Gasteiger partial charge in [0, 0.05) is 23.1 Å². The van der Waals surface area contributed by atoms with Gasteiger partial charge in [-0.1, -0.05) is 58.6 Å². The minimum Gasteiger partial charge on any atom is -0.493 e. The second kappa shape index (κ2) is 14.3. The number of sulfonamides is 1. The van der Waals surface area contributed by atoms with E-state index in [1.54, 1.807) is 31.2 Å². The van der Waals surface area contributed by atoms with Gasteiger partial charge in [0.25, 0.3) is 10.0 Å². The highest BCUT2D eigenvalue weighted by atomic mass is 79.9. The molecule has 1 aliphatic rings. The van der Waals surface area contributed by atoms with E-state index >= 15 is 0 Å². The van der Waals surface area contributed by atoms with Gasteiger partial charge in [0.1, 0.15) is 12.6 Å². The number of hydrogen-bond donors (Lipinski definition) is 1. The monoisotopic (exact) mass is 671 g/mol. The molecule has 1 N–H and O–H groups in total. The van der Waals surface area contributed by atoms with Crippen LogP contribution in [-0.4, -0.2) is 58.0 Å². The molecule has 0 unspecified atom stereocenters. The molecule has 11 heteroatoms. The predicted octanol–water partition coefficient (Wildman–Crippen LogP) is 5.45. The second-order valence-electron chi connectivity index (χ2n) is 10.7. The van der Waals surface area contributed by atoms with Gasteiger partial charge >= 0.3 is 0 Å². The highest BCUT2D eigenvalue weighted by Gasteiger charge is 2.33. The highest BCUT2D eigenvalue weighted by Crippen LogP contribution is 2.32. The number of halogens is 1. The van der Waals surface area contributed by atoms with Crippen LogP contribution in [0, 0.1) is 6.92 Å². The van der Waals surface area contributed by atoms with Gasteiger partial charge in [-0.3, -0.25) is 13.9 Å². The van der Waals surface area contributed by atoms with Crippen LogP contribution in [0.4, 0.5) is 5.69 Å². The second-order valence-corrected chi connectivity index (χ2v) is 13.5. The standard InChI is InChI=1S/C32H38BrN3O6S/c1-22-9-15-27(16-10-22)36(43(39,40)28-17-18-29(41-3)30(19-28)42-4)21-31(37)35(20-24-11-13-25(33)14-12-24)23(2)32(38)34-26-7-5-6-8-26/h9-19,23,26H,5-8,20-21H2,1-4H3,(H,34,38)/t23-/m0/s1. The van der Waals surface area contributed by atoms with Crippen molar-refractivity contribution in [1.29, 1.82) is 0 Å². The van der Waals surface area contributed by atoms with Crippen molar-refractivity contribution < 1.29 is 27.5 Å². The third kappa shape index (κ3) is 7.88. The van der Waals surface area contributed by atoms with Crippen molar-refractivity contribution in [1.82, 2.24) is 10.2 Å². The van der Waals surface area contributed by atoms with E-state index < -0.39 is 28.5 Å². The molecule has 3 aromatic carbocycles. The summed E-state index contributed by atoms with van der Waals surface area (Å²) in [5, 5.41) is 3.08.